The van der Waals surface area contributed by atoms with E-state index in [9.17, 15) is 14.9 Å². The standard InChI is InChI=1S/C22H18N2O4/c1-28-21-8-4-19(5-9-21)22(25)12-15-23-13-10-18(11-14-23)16-17-2-6-20(7-3-17)24(26)27/h2-16H,1H3/b15-12+. The van der Waals surface area contributed by atoms with E-state index >= 15 is 0 Å². The van der Waals surface area contributed by atoms with Gasteiger partial charge in [0.05, 0.1) is 12.0 Å². The number of hydrogen-bond donors (Lipinski definition) is 0. The summed E-state index contributed by atoms with van der Waals surface area (Å²) in [5.74, 6) is 0.603. The zero-order chi connectivity index (χ0) is 19.9. The predicted octanol–water partition coefficient (Wildman–Crippen LogP) is 4.73. The van der Waals surface area contributed by atoms with E-state index in [0.29, 0.717) is 11.3 Å². The fraction of sp³-hybridized carbons (Fsp3) is 0.0455. The molecule has 0 amide bonds. The summed E-state index contributed by atoms with van der Waals surface area (Å²) >= 11 is 0. The van der Waals surface area contributed by atoms with Crippen LogP contribution in [0.1, 0.15) is 15.9 Å². The molecule has 0 saturated heterocycles. The van der Waals surface area contributed by atoms with Gasteiger partial charge in [-0.25, -0.2) is 0 Å². The summed E-state index contributed by atoms with van der Waals surface area (Å²) in [6.45, 7) is 0. The molecule has 0 fully saturated rings. The fourth-order valence-corrected chi connectivity index (χ4v) is 2.54. The number of rotatable bonds is 6. The number of nitro groups is 1. The zero-order valence-electron chi connectivity index (χ0n) is 15.2. The maximum Gasteiger partial charge on any atom is 0.269 e. The molecule has 140 valence electrons. The Bertz CT molecular complexity index is 968. The van der Waals surface area contributed by atoms with Crippen LogP contribution in [-0.4, -0.2) is 22.7 Å². The summed E-state index contributed by atoms with van der Waals surface area (Å²) in [6.07, 6.45) is 12.5. The Labute approximate surface area is 162 Å². The van der Waals surface area contributed by atoms with Gasteiger partial charge in [0, 0.05) is 42.4 Å². The van der Waals surface area contributed by atoms with Crippen LogP contribution < -0.4 is 4.74 Å². The molecule has 0 aliphatic carbocycles. The van der Waals surface area contributed by atoms with Crippen molar-refractivity contribution >= 4 is 17.5 Å². The summed E-state index contributed by atoms with van der Waals surface area (Å²) in [5, 5.41) is 10.7. The number of benzene rings is 2. The van der Waals surface area contributed by atoms with Crippen molar-refractivity contribution in [2.45, 2.75) is 0 Å². The first-order valence-corrected chi connectivity index (χ1v) is 8.52. The van der Waals surface area contributed by atoms with Crippen molar-refractivity contribution in [1.29, 1.82) is 0 Å². The van der Waals surface area contributed by atoms with Gasteiger partial charge >= 0.3 is 0 Å². The number of non-ortho nitro benzene ring substituents is 1. The maximum atomic E-state index is 12.2. The van der Waals surface area contributed by atoms with Crippen LogP contribution >= 0.6 is 0 Å². The molecule has 0 unspecified atom stereocenters. The molecule has 28 heavy (non-hydrogen) atoms. The Morgan fingerprint density at radius 1 is 1.04 bits per heavy atom. The van der Waals surface area contributed by atoms with Gasteiger partial charge in [0.2, 0.25) is 0 Å². The van der Waals surface area contributed by atoms with Gasteiger partial charge in [-0.3, -0.25) is 14.9 Å². The molecule has 0 atom stereocenters. The average Bonchev–Trinajstić information content (AvgIpc) is 2.73. The van der Waals surface area contributed by atoms with Crippen LogP contribution in [0.15, 0.2) is 90.9 Å². The lowest BCUT2D eigenvalue weighted by Gasteiger charge is -2.13. The fourth-order valence-electron chi connectivity index (χ4n) is 2.54. The first-order chi connectivity index (χ1) is 13.5. The Morgan fingerprint density at radius 3 is 2.25 bits per heavy atom. The molecule has 1 aliphatic rings. The third-order valence-electron chi connectivity index (χ3n) is 4.09. The Balaban J connectivity index is 1.61. The first kappa shape index (κ1) is 18.8. The third kappa shape index (κ3) is 4.82. The van der Waals surface area contributed by atoms with Gasteiger partial charge in [-0.05, 0) is 65.8 Å². The van der Waals surface area contributed by atoms with E-state index in [1.807, 2.05) is 30.6 Å². The Kier molecular flexibility index (Phi) is 5.81. The number of allylic oxidation sites excluding steroid dienone is 4. The molecule has 0 spiro atoms. The number of hydrogen-bond acceptors (Lipinski definition) is 5. The van der Waals surface area contributed by atoms with Crippen molar-refractivity contribution in [2.75, 3.05) is 7.11 Å². The van der Waals surface area contributed by atoms with Crippen LogP contribution in [0.5, 0.6) is 5.75 Å². The third-order valence-corrected chi connectivity index (χ3v) is 4.09. The average molecular weight is 374 g/mol. The minimum atomic E-state index is -0.422. The van der Waals surface area contributed by atoms with Crippen LogP contribution in [-0.2, 0) is 0 Å². The minimum Gasteiger partial charge on any atom is -0.497 e. The van der Waals surface area contributed by atoms with Crippen LogP contribution in [0.25, 0.3) is 6.08 Å². The molecule has 0 saturated carbocycles. The molecule has 2 aromatic carbocycles. The quantitative estimate of drug-likeness (QED) is 0.316. The van der Waals surface area contributed by atoms with E-state index in [2.05, 4.69) is 0 Å². The van der Waals surface area contributed by atoms with E-state index in [1.54, 1.807) is 54.6 Å². The lowest BCUT2D eigenvalue weighted by Crippen LogP contribution is -2.04. The molecule has 0 radical (unpaired) electrons. The summed E-state index contributed by atoms with van der Waals surface area (Å²) in [4.78, 5) is 24.3. The van der Waals surface area contributed by atoms with Crippen molar-refractivity contribution in [3.05, 3.63) is 112 Å². The predicted molar refractivity (Wildman–Crippen MR) is 108 cm³/mol. The van der Waals surface area contributed by atoms with E-state index in [0.717, 1.165) is 11.1 Å². The van der Waals surface area contributed by atoms with Crippen molar-refractivity contribution in [3.63, 3.8) is 0 Å². The topological polar surface area (TPSA) is 72.7 Å². The van der Waals surface area contributed by atoms with Gasteiger partial charge in [0.25, 0.3) is 5.69 Å². The zero-order valence-corrected chi connectivity index (χ0v) is 15.2. The molecule has 6 heteroatoms. The molecular weight excluding hydrogens is 356 g/mol. The van der Waals surface area contributed by atoms with Gasteiger partial charge < -0.3 is 9.64 Å². The summed E-state index contributed by atoms with van der Waals surface area (Å²) < 4.78 is 5.08. The Morgan fingerprint density at radius 2 is 1.68 bits per heavy atom. The second-order valence-electron chi connectivity index (χ2n) is 5.98. The molecule has 1 aliphatic heterocycles. The van der Waals surface area contributed by atoms with Crippen LogP contribution in [0.2, 0.25) is 0 Å². The molecule has 2 aromatic rings. The second-order valence-corrected chi connectivity index (χ2v) is 5.98. The van der Waals surface area contributed by atoms with Crippen LogP contribution in [0.4, 0.5) is 5.69 Å². The summed E-state index contributed by atoms with van der Waals surface area (Å²) in [5.41, 5.74) is 2.46. The number of methoxy groups -OCH3 is 1. The van der Waals surface area contributed by atoms with Gasteiger partial charge in [-0.2, -0.15) is 0 Å². The van der Waals surface area contributed by atoms with Gasteiger partial charge in [-0.1, -0.05) is 0 Å². The number of ketones is 1. The number of nitro benzene ring substituents is 1. The monoisotopic (exact) mass is 374 g/mol. The Hall–Kier alpha value is -3.93. The van der Waals surface area contributed by atoms with Gasteiger partial charge in [-0.15, -0.1) is 0 Å². The highest BCUT2D eigenvalue weighted by molar-refractivity contribution is 6.04. The van der Waals surface area contributed by atoms with E-state index in [4.69, 9.17) is 4.74 Å². The molecule has 0 aromatic heterocycles. The molecule has 6 nitrogen and oxygen atoms in total. The van der Waals surface area contributed by atoms with Gasteiger partial charge in [0.1, 0.15) is 5.75 Å². The van der Waals surface area contributed by atoms with Crippen LogP contribution in [0.3, 0.4) is 0 Å². The SMILES string of the molecule is COc1ccc(C(=O)/C=C/N2C=CC(=Cc3ccc([N+](=O)[O-])cc3)C=C2)cc1. The number of carbonyl (C=O) groups is 1. The van der Waals surface area contributed by atoms with Crippen molar-refractivity contribution < 1.29 is 14.5 Å². The lowest BCUT2D eigenvalue weighted by atomic mass is 10.1. The normalized spacial score (nSPS) is 13.0. The number of nitrogens with zero attached hydrogens (tertiary/aromatic N) is 2. The molecular formula is C22H18N2O4. The minimum absolute atomic E-state index is 0.0646. The number of carbonyl (C=O) groups excluding carboxylic acids is 1. The van der Waals surface area contributed by atoms with Crippen LogP contribution in [0, 0.1) is 10.1 Å². The number of ether oxygens (including phenoxy) is 1. The van der Waals surface area contributed by atoms with E-state index in [-0.39, 0.29) is 11.5 Å². The van der Waals surface area contributed by atoms with Crippen molar-refractivity contribution in [1.82, 2.24) is 4.90 Å². The van der Waals surface area contributed by atoms with E-state index in [1.165, 1.54) is 18.2 Å². The highest BCUT2D eigenvalue weighted by atomic mass is 16.6. The smallest absolute Gasteiger partial charge is 0.269 e. The first-order valence-electron chi connectivity index (χ1n) is 8.52. The molecule has 0 N–H and O–H groups in total. The maximum absolute atomic E-state index is 12.2. The van der Waals surface area contributed by atoms with Crippen molar-refractivity contribution in [2.24, 2.45) is 0 Å². The largest absolute Gasteiger partial charge is 0.497 e. The molecule has 3 rings (SSSR count). The molecule has 1 heterocycles. The highest BCUT2D eigenvalue weighted by Gasteiger charge is 2.05. The molecule has 0 bridgehead atoms. The lowest BCUT2D eigenvalue weighted by molar-refractivity contribution is -0.384. The van der Waals surface area contributed by atoms with E-state index < -0.39 is 4.92 Å². The second kappa shape index (κ2) is 8.64. The summed E-state index contributed by atoms with van der Waals surface area (Å²) in [6, 6.07) is 13.3. The van der Waals surface area contributed by atoms with Gasteiger partial charge in [0.15, 0.2) is 5.78 Å². The highest BCUT2D eigenvalue weighted by Crippen LogP contribution is 2.18. The van der Waals surface area contributed by atoms with Crippen molar-refractivity contribution in [3.8, 4) is 5.75 Å². The summed E-state index contributed by atoms with van der Waals surface area (Å²) in [7, 11) is 1.58.